The van der Waals surface area contributed by atoms with Gasteiger partial charge in [-0.2, -0.15) is 0 Å². The van der Waals surface area contributed by atoms with Gasteiger partial charge in [-0.1, -0.05) is 166 Å². The number of phosphoric acid groups is 1. The van der Waals surface area contributed by atoms with Crippen LogP contribution in [0.4, 0.5) is 0 Å². The van der Waals surface area contributed by atoms with Gasteiger partial charge in [-0.15, -0.1) is 0 Å². The number of ether oxygens (including phenoxy) is 2. The van der Waals surface area contributed by atoms with Crippen molar-refractivity contribution in [2.24, 2.45) is 0 Å². The van der Waals surface area contributed by atoms with Crippen molar-refractivity contribution < 1.29 is 42.1 Å². The summed E-state index contributed by atoms with van der Waals surface area (Å²) < 4.78 is 34.2. The topological polar surface area (TPSA) is 108 Å². The summed E-state index contributed by atoms with van der Waals surface area (Å²) in [6, 6.07) is 0. The van der Waals surface area contributed by atoms with Gasteiger partial charge in [0.15, 0.2) is 6.10 Å². The Kier molecular flexibility index (Phi) is 39.4. The van der Waals surface area contributed by atoms with E-state index in [0.29, 0.717) is 17.4 Å². The highest BCUT2D eigenvalue weighted by atomic mass is 31.2. The second kappa shape index (κ2) is 40.6. The molecule has 0 aliphatic rings. The molecule has 0 bridgehead atoms. The predicted octanol–water partition coefficient (Wildman–Crippen LogP) is 13.7. The van der Waals surface area contributed by atoms with Gasteiger partial charge in [0.1, 0.15) is 19.8 Å². The summed E-state index contributed by atoms with van der Waals surface area (Å²) in [5.41, 5.74) is 0. The molecule has 0 heterocycles. The van der Waals surface area contributed by atoms with Crippen molar-refractivity contribution in [3.8, 4) is 0 Å². The van der Waals surface area contributed by atoms with Gasteiger partial charge in [-0.25, -0.2) is 4.57 Å². The summed E-state index contributed by atoms with van der Waals surface area (Å²) in [7, 11) is 1.45. The van der Waals surface area contributed by atoms with Crippen molar-refractivity contribution in [2.45, 2.75) is 213 Å². The van der Waals surface area contributed by atoms with Gasteiger partial charge in [-0.3, -0.25) is 18.6 Å². The number of unbranched alkanes of at least 4 members (excludes halogenated alkanes) is 23. The molecule has 0 aliphatic heterocycles. The first-order valence-electron chi connectivity index (χ1n) is 23.7. The highest BCUT2D eigenvalue weighted by molar-refractivity contribution is 7.47. The Morgan fingerprint density at radius 1 is 0.517 bits per heavy atom. The molecule has 0 aromatic carbocycles. The maximum atomic E-state index is 12.7. The van der Waals surface area contributed by atoms with E-state index in [1.807, 2.05) is 21.1 Å². The van der Waals surface area contributed by atoms with E-state index in [1.54, 1.807) is 0 Å². The number of carbonyl (C=O) groups excluding carboxylic acids is 2. The fourth-order valence-electron chi connectivity index (χ4n) is 6.37. The minimum Gasteiger partial charge on any atom is -0.462 e. The van der Waals surface area contributed by atoms with Crippen LogP contribution in [0.25, 0.3) is 0 Å². The highest BCUT2D eigenvalue weighted by Gasteiger charge is 2.27. The van der Waals surface area contributed by atoms with Crippen molar-refractivity contribution in [1.29, 1.82) is 0 Å². The lowest BCUT2D eigenvalue weighted by Crippen LogP contribution is -2.37. The van der Waals surface area contributed by atoms with Crippen LogP contribution in [-0.2, 0) is 32.7 Å². The molecular weight excluding hydrogens is 750 g/mol. The van der Waals surface area contributed by atoms with Crippen LogP contribution in [-0.4, -0.2) is 74.9 Å². The van der Waals surface area contributed by atoms with Crippen LogP contribution in [0, 0.1) is 0 Å². The number of hydrogen-bond donors (Lipinski definition) is 1. The van der Waals surface area contributed by atoms with E-state index < -0.39 is 26.5 Å². The van der Waals surface area contributed by atoms with Gasteiger partial charge in [0, 0.05) is 12.8 Å². The number of carbonyl (C=O) groups is 2. The molecule has 0 amide bonds. The third-order valence-corrected chi connectivity index (χ3v) is 11.1. The average Bonchev–Trinajstić information content (AvgIpc) is 3.17. The molecule has 2 atom stereocenters. The first kappa shape index (κ1) is 56.2. The number of hydrogen-bond acceptors (Lipinski definition) is 7. The molecule has 0 saturated carbocycles. The maximum absolute atomic E-state index is 12.7. The van der Waals surface area contributed by atoms with Crippen LogP contribution in [0.2, 0.25) is 0 Å². The summed E-state index contributed by atoms with van der Waals surface area (Å²) in [6.07, 6.45) is 46.5. The molecule has 9 nitrogen and oxygen atoms in total. The van der Waals surface area contributed by atoms with Crippen molar-refractivity contribution in [2.75, 3.05) is 47.5 Å². The zero-order valence-corrected chi connectivity index (χ0v) is 39.2. The molecule has 1 N–H and O–H groups in total. The summed E-state index contributed by atoms with van der Waals surface area (Å²) >= 11 is 0. The minimum atomic E-state index is -4.39. The van der Waals surface area contributed by atoms with Crippen LogP contribution in [0.3, 0.4) is 0 Å². The molecule has 1 unspecified atom stereocenters. The lowest BCUT2D eigenvalue weighted by Gasteiger charge is -2.24. The van der Waals surface area contributed by atoms with Crippen LogP contribution < -0.4 is 0 Å². The minimum absolute atomic E-state index is 0.0235. The predicted molar refractivity (Wildman–Crippen MR) is 243 cm³/mol. The first-order valence-corrected chi connectivity index (χ1v) is 25.2. The number of phosphoric ester groups is 1. The van der Waals surface area contributed by atoms with Crippen LogP contribution in [0.15, 0.2) is 36.5 Å². The summed E-state index contributed by atoms with van der Waals surface area (Å²) in [6.45, 7) is 4.34. The van der Waals surface area contributed by atoms with Gasteiger partial charge >= 0.3 is 19.8 Å². The van der Waals surface area contributed by atoms with Gasteiger partial charge in [0.25, 0.3) is 0 Å². The third-order valence-electron chi connectivity index (χ3n) is 10.1. The van der Waals surface area contributed by atoms with E-state index in [1.165, 1.54) is 103 Å². The third kappa shape index (κ3) is 43.8. The van der Waals surface area contributed by atoms with E-state index in [4.69, 9.17) is 18.5 Å². The van der Waals surface area contributed by atoms with E-state index in [-0.39, 0.29) is 32.0 Å². The van der Waals surface area contributed by atoms with Crippen LogP contribution in [0.5, 0.6) is 0 Å². The molecule has 0 aliphatic carbocycles. The number of likely N-dealkylation sites (N-methyl/N-ethyl adjacent to an activating group) is 1. The number of allylic oxidation sites excluding steroid dienone is 6. The van der Waals surface area contributed by atoms with Gasteiger partial charge < -0.3 is 18.9 Å². The second-order valence-corrected chi connectivity index (χ2v) is 18.6. The smallest absolute Gasteiger partial charge is 0.462 e. The zero-order valence-electron chi connectivity index (χ0n) is 38.3. The molecule has 0 aromatic rings. The Hall–Kier alpha value is -1.77. The van der Waals surface area contributed by atoms with Crippen LogP contribution in [0.1, 0.15) is 206 Å². The van der Waals surface area contributed by atoms with Crippen molar-refractivity contribution in [1.82, 2.24) is 0 Å². The number of nitrogens with zero attached hydrogens (tertiary/aromatic N) is 1. The molecule has 10 heteroatoms. The van der Waals surface area contributed by atoms with E-state index in [2.05, 4.69) is 50.3 Å². The molecular formula is C48H91NO8P+. The van der Waals surface area contributed by atoms with E-state index in [0.717, 1.165) is 70.6 Å². The van der Waals surface area contributed by atoms with Crippen LogP contribution >= 0.6 is 7.82 Å². The molecule has 0 fully saturated rings. The Balaban J connectivity index is 4.29. The zero-order chi connectivity index (χ0) is 42.8. The Labute approximate surface area is 357 Å². The maximum Gasteiger partial charge on any atom is 0.472 e. The Bertz CT molecular complexity index is 1090. The molecule has 58 heavy (non-hydrogen) atoms. The highest BCUT2D eigenvalue weighted by Crippen LogP contribution is 2.43. The lowest BCUT2D eigenvalue weighted by atomic mass is 10.0. The molecule has 0 aromatic heterocycles. The summed E-state index contributed by atoms with van der Waals surface area (Å²) in [5.74, 6) is -0.857. The van der Waals surface area contributed by atoms with Crippen molar-refractivity contribution in [3.05, 3.63) is 36.5 Å². The number of rotatable bonds is 43. The van der Waals surface area contributed by atoms with E-state index in [9.17, 15) is 19.0 Å². The Morgan fingerprint density at radius 3 is 1.43 bits per heavy atom. The largest absolute Gasteiger partial charge is 0.472 e. The standard InChI is InChI=1S/C48H90NO8P/c1-6-8-10-12-14-16-18-19-20-21-22-23-24-25-26-27-28-29-31-33-35-37-39-41-48(51)57-46(45-56-58(52,53)55-43-42-49(3,4)5)44-54-47(50)40-38-36-34-32-30-17-15-13-11-9-7-2/h13,15,27-28,33,35,46H,6-12,14,16-26,29-32,34,36-45H2,1-5H3/p+1/b15-13+,28-27+,35-33+/t46-/m1/s1. The SMILES string of the molecule is CCCC/C=C/CCCCCCCC(=O)OC[C@H](COP(=O)(O)OCC[N+](C)(C)C)OC(=O)CCC/C=C/CC/C=C/CCCCCCCCCCCCCCCC. The fourth-order valence-corrected chi connectivity index (χ4v) is 7.11. The first-order chi connectivity index (χ1) is 28.0. The molecule has 0 radical (unpaired) electrons. The lowest BCUT2D eigenvalue weighted by molar-refractivity contribution is -0.870. The molecule has 0 saturated heterocycles. The average molecular weight is 841 g/mol. The second-order valence-electron chi connectivity index (χ2n) is 17.1. The number of quaternary nitrogens is 1. The van der Waals surface area contributed by atoms with Gasteiger partial charge in [-0.05, 0) is 64.2 Å². The summed E-state index contributed by atoms with van der Waals surface area (Å²) in [5, 5.41) is 0. The van der Waals surface area contributed by atoms with Gasteiger partial charge in [0.2, 0.25) is 0 Å². The normalized spacial score (nSPS) is 13.8. The molecule has 0 rings (SSSR count). The molecule has 0 spiro atoms. The quantitative estimate of drug-likeness (QED) is 0.0213. The monoisotopic (exact) mass is 841 g/mol. The molecule has 340 valence electrons. The Morgan fingerprint density at radius 2 is 0.931 bits per heavy atom. The van der Waals surface area contributed by atoms with Crippen molar-refractivity contribution >= 4 is 19.8 Å². The van der Waals surface area contributed by atoms with Gasteiger partial charge in [0.05, 0.1) is 27.7 Å². The fraction of sp³-hybridized carbons (Fsp3) is 0.833. The summed E-state index contributed by atoms with van der Waals surface area (Å²) in [4.78, 5) is 35.3. The van der Waals surface area contributed by atoms with Crippen molar-refractivity contribution in [3.63, 3.8) is 0 Å². The number of esters is 2. The van der Waals surface area contributed by atoms with E-state index >= 15 is 0 Å².